The molecule has 0 heterocycles. The van der Waals surface area contributed by atoms with E-state index in [0.717, 1.165) is 6.54 Å². The van der Waals surface area contributed by atoms with Gasteiger partial charge in [-0.1, -0.05) is 6.08 Å². The zero-order valence-corrected chi connectivity index (χ0v) is 9.51. The Morgan fingerprint density at radius 2 is 2.15 bits per heavy atom. The van der Waals surface area contributed by atoms with E-state index in [4.69, 9.17) is 0 Å². The van der Waals surface area contributed by atoms with E-state index in [9.17, 15) is 0 Å². The van der Waals surface area contributed by atoms with Crippen molar-refractivity contribution in [2.24, 2.45) is 15.2 Å². The molecule has 74 valence electrons. The Labute approximate surface area is 84.4 Å². The second kappa shape index (κ2) is 6.83. The minimum Gasteiger partial charge on any atom is -0.294 e. The van der Waals surface area contributed by atoms with Crippen LogP contribution in [0.15, 0.2) is 27.5 Å². The molecule has 0 fully saturated rings. The Kier molecular flexibility index (Phi) is 6.49. The molecule has 0 amide bonds. The van der Waals surface area contributed by atoms with Gasteiger partial charge in [0, 0.05) is 19.0 Å². The van der Waals surface area contributed by atoms with E-state index in [1.54, 1.807) is 18.0 Å². The van der Waals surface area contributed by atoms with Crippen LogP contribution in [0.3, 0.4) is 0 Å². The fourth-order valence-corrected chi connectivity index (χ4v) is 0.903. The lowest BCUT2D eigenvalue weighted by Crippen LogP contribution is -2.17. The smallest absolute Gasteiger partial charge is 0.159 e. The lowest BCUT2D eigenvalue weighted by molar-refractivity contribution is 0.837. The van der Waals surface area contributed by atoms with Crippen molar-refractivity contribution in [1.82, 2.24) is 0 Å². The first-order valence-corrected chi connectivity index (χ1v) is 5.50. The SMILES string of the molecule is C/C=C\N=NC(C)(C=NCC)SC. The highest BCUT2D eigenvalue weighted by Crippen LogP contribution is 2.21. The summed E-state index contributed by atoms with van der Waals surface area (Å²) in [4.78, 5) is 3.85. The Hall–Kier alpha value is -0.640. The van der Waals surface area contributed by atoms with E-state index in [1.165, 1.54) is 0 Å². The summed E-state index contributed by atoms with van der Waals surface area (Å²) in [6.45, 7) is 6.69. The summed E-state index contributed by atoms with van der Waals surface area (Å²) in [5, 5.41) is 8.07. The molecule has 0 aliphatic rings. The minimum atomic E-state index is -0.324. The van der Waals surface area contributed by atoms with Gasteiger partial charge in [-0.15, -0.1) is 11.8 Å². The molecular weight excluding hydrogens is 182 g/mol. The Balaban J connectivity index is 4.35. The second-order valence-electron chi connectivity index (χ2n) is 2.58. The fraction of sp³-hybridized carbons (Fsp3) is 0.667. The molecule has 4 heteroatoms. The summed E-state index contributed by atoms with van der Waals surface area (Å²) in [6.07, 6.45) is 7.36. The van der Waals surface area contributed by atoms with Crippen LogP contribution in [-0.4, -0.2) is 23.9 Å². The number of hydrogen-bond acceptors (Lipinski definition) is 4. The number of thioether (sulfide) groups is 1. The molecule has 0 aliphatic carbocycles. The Bertz CT molecular complexity index is 211. The molecule has 0 bridgehead atoms. The van der Waals surface area contributed by atoms with E-state index in [-0.39, 0.29) is 4.87 Å². The van der Waals surface area contributed by atoms with Crippen molar-refractivity contribution in [3.63, 3.8) is 0 Å². The predicted molar refractivity (Wildman–Crippen MR) is 60.6 cm³/mol. The Morgan fingerprint density at radius 1 is 1.46 bits per heavy atom. The molecule has 13 heavy (non-hydrogen) atoms. The lowest BCUT2D eigenvalue weighted by atomic mass is 10.4. The lowest BCUT2D eigenvalue weighted by Gasteiger charge is -2.14. The zero-order valence-electron chi connectivity index (χ0n) is 8.69. The maximum absolute atomic E-state index is 4.17. The molecule has 0 aliphatic heterocycles. The van der Waals surface area contributed by atoms with E-state index < -0.39 is 0 Å². The summed E-state index contributed by atoms with van der Waals surface area (Å²) in [5.41, 5.74) is 0. The van der Waals surface area contributed by atoms with Crippen LogP contribution in [-0.2, 0) is 0 Å². The van der Waals surface area contributed by atoms with Gasteiger partial charge >= 0.3 is 0 Å². The normalized spacial score (nSPS) is 17.5. The van der Waals surface area contributed by atoms with Crippen molar-refractivity contribution < 1.29 is 0 Å². The van der Waals surface area contributed by atoms with Gasteiger partial charge in [0.15, 0.2) is 4.87 Å². The van der Waals surface area contributed by atoms with Gasteiger partial charge in [0.2, 0.25) is 0 Å². The van der Waals surface area contributed by atoms with E-state index in [1.807, 2.05) is 39.3 Å². The first-order chi connectivity index (χ1) is 6.18. The number of aliphatic imine (C=N–C) groups is 1. The average Bonchev–Trinajstić information content (AvgIpc) is 2.15. The van der Waals surface area contributed by atoms with Crippen molar-refractivity contribution in [2.45, 2.75) is 25.6 Å². The average molecular weight is 199 g/mol. The molecule has 0 saturated heterocycles. The van der Waals surface area contributed by atoms with Gasteiger partial charge in [0.25, 0.3) is 0 Å². The summed E-state index contributed by atoms with van der Waals surface area (Å²) in [5.74, 6) is 0. The molecule has 0 aromatic carbocycles. The van der Waals surface area contributed by atoms with Crippen LogP contribution in [0.1, 0.15) is 20.8 Å². The molecule has 0 saturated carbocycles. The highest BCUT2D eigenvalue weighted by molar-refractivity contribution is 8.00. The van der Waals surface area contributed by atoms with Crippen LogP contribution >= 0.6 is 11.8 Å². The minimum absolute atomic E-state index is 0.324. The standard InChI is InChI=1S/C9H17N3S/c1-5-7-11-12-9(3,13-4)8-10-6-2/h5,7-8H,6H2,1-4H3/b7-5-,10-8?,12-11?. The van der Waals surface area contributed by atoms with Crippen molar-refractivity contribution in [3.05, 3.63) is 12.3 Å². The third-order valence-electron chi connectivity index (χ3n) is 1.40. The van der Waals surface area contributed by atoms with Crippen molar-refractivity contribution >= 4 is 18.0 Å². The summed E-state index contributed by atoms with van der Waals surface area (Å²) in [7, 11) is 0. The first kappa shape index (κ1) is 12.4. The fourth-order valence-electron chi connectivity index (χ4n) is 0.595. The molecule has 0 spiro atoms. The maximum atomic E-state index is 4.17. The summed E-state index contributed by atoms with van der Waals surface area (Å²) < 4.78 is 0. The van der Waals surface area contributed by atoms with Crippen LogP contribution in [0.25, 0.3) is 0 Å². The van der Waals surface area contributed by atoms with Gasteiger partial charge in [0.05, 0.1) is 0 Å². The van der Waals surface area contributed by atoms with Gasteiger partial charge in [-0.3, -0.25) is 4.99 Å². The second-order valence-corrected chi connectivity index (χ2v) is 3.82. The van der Waals surface area contributed by atoms with Crippen LogP contribution in [0.5, 0.6) is 0 Å². The third kappa shape index (κ3) is 5.58. The van der Waals surface area contributed by atoms with Crippen LogP contribution in [0.4, 0.5) is 0 Å². The summed E-state index contributed by atoms with van der Waals surface area (Å²) in [6, 6.07) is 0. The van der Waals surface area contributed by atoms with Gasteiger partial charge < -0.3 is 0 Å². The number of hydrogen-bond donors (Lipinski definition) is 0. The molecule has 0 rings (SSSR count). The van der Waals surface area contributed by atoms with Crippen LogP contribution in [0, 0.1) is 0 Å². The third-order valence-corrected chi connectivity index (χ3v) is 2.41. The van der Waals surface area contributed by atoms with Gasteiger partial charge in [-0.25, -0.2) is 0 Å². The monoisotopic (exact) mass is 199 g/mol. The molecule has 0 aromatic rings. The highest BCUT2D eigenvalue weighted by atomic mass is 32.2. The molecule has 0 radical (unpaired) electrons. The van der Waals surface area contributed by atoms with E-state index in [2.05, 4.69) is 15.2 Å². The first-order valence-electron chi connectivity index (χ1n) is 4.28. The zero-order chi connectivity index (χ0) is 10.2. The molecule has 1 atom stereocenters. The highest BCUT2D eigenvalue weighted by Gasteiger charge is 2.18. The predicted octanol–water partition coefficient (Wildman–Crippen LogP) is 3.14. The van der Waals surface area contributed by atoms with E-state index in [0.29, 0.717) is 0 Å². The number of nitrogens with zero attached hydrogens (tertiary/aromatic N) is 3. The van der Waals surface area contributed by atoms with Crippen molar-refractivity contribution in [2.75, 3.05) is 12.8 Å². The maximum Gasteiger partial charge on any atom is 0.159 e. The van der Waals surface area contributed by atoms with Crippen molar-refractivity contribution in [1.29, 1.82) is 0 Å². The van der Waals surface area contributed by atoms with Gasteiger partial charge in [0.1, 0.15) is 0 Å². The number of rotatable bonds is 5. The van der Waals surface area contributed by atoms with Gasteiger partial charge in [-0.05, 0) is 27.0 Å². The topological polar surface area (TPSA) is 37.1 Å². The largest absolute Gasteiger partial charge is 0.294 e. The molecule has 3 nitrogen and oxygen atoms in total. The molecule has 0 N–H and O–H groups in total. The van der Waals surface area contributed by atoms with Crippen LogP contribution < -0.4 is 0 Å². The number of allylic oxidation sites excluding steroid dienone is 1. The molecule has 0 aromatic heterocycles. The summed E-state index contributed by atoms with van der Waals surface area (Å²) >= 11 is 1.62. The van der Waals surface area contributed by atoms with Gasteiger partial charge in [-0.2, -0.15) is 10.2 Å². The molecule has 1 unspecified atom stereocenters. The van der Waals surface area contributed by atoms with Crippen molar-refractivity contribution in [3.8, 4) is 0 Å². The quantitative estimate of drug-likeness (QED) is 0.495. The van der Waals surface area contributed by atoms with Crippen LogP contribution in [0.2, 0.25) is 0 Å². The number of azo groups is 1. The Morgan fingerprint density at radius 3 is 2.62 bits per heavy atom. The van der Waals surface area contributed by atoms with E-state index >= 15 is 0 Å². The molecular formula is C9H17N3S.